The number of hydrogen-bond acceptors (Lipinski definition) is 3. The van der Waals surface area contributed by atoms with Gasteiger partial charge >= 0.3 is 0 Å². The van der Waals surface area contributed by atoms with Crippen molar-refractivity contribution in [2.75, 3.05) is 0 Å². The predicted octanol–water partition coefficient (Wildman–Crippen LogP) is 4.56. The number of hydrogen-bond donors (Lipinski definition) is 0. The molecule has 3 rings (SSSR count). The third-order valence-electron chi connectivity index (χ3n) is 3.98. The zero-order chi connectivity index (χ0) is 17.5. The van der Waals surface area contributed by atoms with E-state index in [1.807, 2.05) is 26.8 Å². The number of rotatable bonds is 3. The van der Waals surface area contributed by atoms with Gasteiger partial charge in [-0.3, -0.25) is 9.63 Å². The van der Waals surface area contributed by atoms with Gasteiger partial charge in [0.1, 0.15) is 5.69 Å². The number of pyridine rings is 1. The van der Waals surface area contributed by atoms with Crippen molar-refractivity contribution in [3.63, 3.8) is 0 Å². The highest BCUT2D eigenvalue weighted by Gasteiger charge is 2.33. The van der Waals surface area contributed by atoms with Gasteiger partial charge in [0.15, 0.2) is 0 Å². The van der Waals surface area contributed by atoms with Crippen LogP contribution in [0.25, 0.3) is 11.1 Å². The van der Waals surface area contributed by atoms with Crippen LogP contribution in [0.3, 0.4) is 0 Å². The second-order valence-electron chi connectivity index (χ2n) is 7.56. The van der Waals surface area contributed by atoms with Gasteiger partial charge in [0.2, 0.25) is 0 Å². The fraction of sp³-hybridized carbons (Fsp3) is 0.400. The van der Waals surface area contributed by atoms with Gasteiger partial charge in [0.25, 0.3) is 5.91 Å². The third kappa shape index (κ3) is 3.34. The van der Waals surface area contributed by atoms with Crippen molar-refractivity contribution in [2.24, 2.45) is 0 Å². The fourth-order valence-electron chi connectivity index (χ4n) is 2.81. The van der Waals surface area contributed by atoms with Crippen molar-refractivity contribution in [3.8, 4) is 11.1 Å². The second kappa shape index (κ2) is 6.02. The lowest BCUT2D eigenvalue weighted by atomic mass is 9.97. The summed E-state index contributed by atoms with van der Waals surface area (Å²) in [6.45, 7) is 10.6. The largest absolute Gasteiger partial charge is 0.296 e. The highest BCUT2D eigenvalue weighted by Crippen LogP contribution is 2.29. The molecule has 1 aromatic carbocycles. The van der Waals surface area contributed by atoms with E-state index >= 15 is 0 Å². The lowest BCUT2D eigenvalue weighted by Gasteiger charge is -2.25. The van der Waals surface area contributed by atoms with Crippen LogP contribution in [0.2, 0.25) is 0 Å². The van der Waals surface area contributed by atoms with Crippen molar-refractivity contribution >= 4 is 5.91 Å². The van der Waals surface area contributed by atoms with Gasteiger partial charge in [-0.05, 0) is 43.9 Å². The van der Waals surface area contributed by atoms with E-state index in [4.69, 9.17) is 4.84 Å². The quantitative estimate of drug-likeness (QED) is 0.831. The van der Waals surface area contributed by atoms with E-state index in [9.17, 15) is 4.79 Å². The summed E-state index contributed by atoms with van der Waals surface area (Å²) in [5.41, 5.74) is 4.44. The summed E-state index contributed by atoms with van der Waals surface area (Å²) >= 11 is 0. The van der Waals surface area contributed by atoms with Gasteiger partial charge in [0, 0.05) is 17.3 Å². The molecule has 0 fully saturated rings. The highest BCUT2D eigenvalue weighted by atomic mass is 16.7. The Morgan fingerprint density at radius 2 is 1.92 bits per heavy atom. The molecule has 0 spiro atoms. The number of fused-ring (bicyclic) bond motifs is 1. The summed E-state index contributed by atoms with van der Waals surface area (Å²) in [6.07, 6.45) is 1.77. The zero-order valence-corrected chi connectivity index (χ0v) is 15.0. The molecule has 0 N–H and O–H groups in total. The minimum atomic E-state index is -0.411. The molecular weight excluding hydrogens is 300 g/mol. The maximum atomic E-state index is 12.4. The number of hydroxylamine groups is 2. The van der Waals surface area contributed by atoms with E-state index in [2.05, 4.69) is 43.1 Å². The normalized spacial score (nSPS) is 14.4. The van der Waals surface area contributed by atoms with Crippen molar-refractivity contribution < 1.29 is 9.63 Å². The molecule has 1 aromatic heterocycles. The third-order valence-corrected chi connectivity index (χ3v) is 3.98. The summed E-state index contributed by atoms with van der Waals surface area (Å²) in [7, 11) is 0. The number of nitrogens with zero attached hydrogens (tertiary/aromatic N) is 2. The summed E-state index contributed by atoms with van der Waals surface area (Å²) in [6, 6.07) is 10.5. The Labute approximate surface area is 143 Å². The van der Waals surface area contributed by atoms with Crippen LogP contribution in [0.4, 0.5) is 0 Å². The van der Waals surface area contributed by atoms with Crippen molar-refractivity contribution in [1.29, 1.82) is 0 Å². The number of carbonyl (C=O) groups is 1. The Bertz CT molecular complexity index is 775. The van der Waals surface area contributed by atoms with Crippen LogP contribution in [-0.2, 0) is 11.4 Å². The Balaban J connectivity index is 1.91. The predicted molar refractivity (Wildman–Crippen MR) is 94.5 cm³/mol. The lowest BCUT2D eigenvalue weighted by Crippen LogP contribution is -2.34. The minimum absolute atomic E-state index is 0.164. The molecular formula is C20H24N2O2. The molecule has 4 nitrogen and oxygen atoms in total. The number of amides is 1. The minimum Gasteiger partial charge on any atom is -0.265 e. The molecule has 0 aliphatic carbocycles. The van der Waals surface area contributed by atoms with E-state index in [-0.39, 0.29) is 5.91 Å². The van der Waals surface area contributed by atoms with Crippen molar-refractivity contribution in [1.82, 2.24) is 10.0 Å². The van der Waals surface area contributed by atoms with Crippen LogP contribution in [0.1, 0.15) is 62.2 Å². The molecule has 0 saturated carbocycles. The van der Waals surface area contributed by atoms with Crippen LogP contribution in [0.5, 0.6) is 0 Å². The van der Waals surface area contributed by atoms with Crippen LogP contribution >= 0.6 is 0 Å². The average molecular weight is 324 g/mol. The first-order chi connectivity index (χ1) is 11.2. The average Bonchev–Trinajstić information content (AvgIpc) is 2.81. The molecule has 0 bridgehead atoms. The molecule has 0 radical (unpaired) electrons. The van der Waals surface area contributed by atoms with Crippen molar-refractivity contribution in [2.45, 2.75) is 52.7 Å². The number of aromatic nitrogens is 1. The maximum absolute atomic E-state index is 12.4. The van der Waals surface area contributed by atoms with E-state index in [0.29, 0.717) is 18.2 Å². The van der Waals surface area contributed by atoms with Crippen LogP contribution in [-0.4, -0.2) is 21.6 Å². The molecule has 2 heterocycles. The van der Waals surface area contributed by atoms with E-state index in [1.165, 1.54) is 10.6 Å². The topological polar surface area (TPSA) is 42.4 Å². The van der Waals surface area contributed by atoms with E-state index in [1.54, 1.807) is 6.20 Å². The first-order valence-corrected chi connectivity index (χ1v) is 8.35. The smallest absolute Gasteiger partial charge is 0.265 e. The molecule has 0 saturated heterocycles. The number of carbonyl (C=O) groups excluding carboxylic acids is 1. The Morgan fingerprint density at radius 1 is 1.17 bits per heavy atom. The van der Waals surface area contributed by atoms with Gasteiger partial charge in [-0.1, -0.05) is 38.1 Å². The number of benzene rings is 1. The summed E-state index contributed by atoms with van der Waals surface area (Å²) in [4.78, 5) is 22.5. The SMILES string of the molecule is CC(C)c1cccc(-c2cnc3c(c2)CN(OC(C)(C)C)C3=O)c1. The second-order valence-corrected chi connectivity index (χ2v) is 7.56. The fourth-order valence-corrected chi connectivity index (χ4v) is 2.81. The van der Waals surface area contributed by atoms with Gasteiger partial charge in [-0.25, -0.2) is 10.0 Å². The molecule has 4 heteroatoms. The Hall–Kier alpha value is -2.20. The first-order valence-electron chi connectivity index (χ1n) is 8.35. The Kier molecular flexibility index (Phi) is 4.18. The van der Waals surface area contributed by atoms with Crippen LogP contribution in [0.15, 0.2) is 36.5 Å². The molecule has 1 aliphatic heterocycles. The molecule has 2 aromatic rings. The molecule has 1 aliphatic rings. The monoisotopic (exact) mass is 324 g/mol. The first kappa shape index (κ1) is 16.7. The van der Waals surface area contributed by atoms with Gasteiger partial charge in [-0.2, -0.15) is 0 Å². The van der Waals surface area contributed by atoms with Gasteiger partial charge in [0.05, 0.1) is 12.1 Å². The van der Waals surface area contributed by atoms with Crippen LogP contribution < -0.4 is 0 Å². The zero-order valence-electron chi connectivity index (χ0n) is 15.0. The molecule has 0 atom stereocenters. The van der Waals surface area contributed by atoms with Gasteiger partial charge in [-0.15, -0.1) is 0 Å². The van der Waals surface area contributed by atoms with Crippen molar-refractivity contribution in [3.05, 3.63) is 53.3 Å². The van der Waals surface area contributed by atoms with E-state index < -0.39 is 5.60 Å². The maximum Gasteiger partial charge on any atom is 0.296 e. The molecule has 1 amide bonds. The van der Waals surface area contributed by atoms with Gasteiger partial charge < -0.3 is 0 Å². The molecule has 0 unspecified atom stereocenters. The molecule has 126 valence electrons. The summed E-state index contributed by atoms with van der Waals surface area (Å²) in [5.74, 6) is 0.312. The summed E-state index contributed by atoms with van der Waals surface area (Å²) in [5, 5.41) is 1.41. The molecule has 24 heavy (non-hydrogen) atoms. The highest BCUT2D eigenvalue weighted by molar-refractivity contribution is 5.96. The van der Waals surface area contributed by atoms with Crippen LogP contribution in [0, 0.1) is 0 Å². The Morgan fingerprint density at radius 3 is 2.58 bits per heavy atom. The standard InChI is InChI=1S/C20H24N2O2/c1-13(2)14-7-6-8-15(9-14)16-10-17-12-22(24-20(3,4)5)19(23)18(17)21-11-16/h6-11,13H,12H2,1-5H3. The lowest BCUT2D eigenvalue weighted by molar-refractivity contribution is -0.197. The summed E-state index contributed by atoms with van der Waals surface area (Å²) < 4.78 is 0. The van der Waals surface area contributed by atoms with E-state index in [0.717, 1.165) is 16.7 Å².